The zero-order chi connectivity index (χ0) is 14.8. The fraction of sp³-hybridized carbons (Fsp3) is 0.438. The first kappa shape index (κ1) is 16.2. The van der Waals surface area contributed by atoms with Crippen LogP contribution in [0.2, 0.25) is 0 Å². The van der Waals surface area contributed by atoms with Gasteiger partial charge in [0.25, 0.3) is 0 Å². The highest BCUT2D eigenvalue weighted by atomic mass is 16.5. The average molecular weight is 278 g/mol. The van der Waals surface area contributed by atoms with Gasteiger partial charge in [-0.05, 0) is 25.0 Å². The number of hydrogen-bond donors (Lipinski definition) is 0. The Hall–Kier alpha value is -1.81. The van der Waals surface area contributed by atoms with Crippen molar-refractivity contribution in [3.05, 3.63) is 35.9 Å². The fourth-order valence-electron chi connectivity index (χ4n) is 1.82. The number of allylic oxidation sites excluding steroid dienone is 1. The SMILES string of the molecule is C=CCc1cc(C=O)cc(OC)c1OCCOCCC. The second kappa shape index (κ2) is 9.15. The second-order valence-corrected chi connectivity index (χ2v) is 4.28. The molecule has 0 saturated heterocycles. The van der Waals surface area contributed by atoms with Crippen LogP contribution in [0.5, 0.6) is 11.5 Å². The van der Waals surface area contributed by atoms with Gasteiger partial charge in [0.05, 0.1) is 13.7 Å². The van der Waals surface area contributed by atoms with E-state index in [1.165, 1.54) is 0 Å². The van der Waals surface area contributed by atoms with E-state index in [9.17, 15) is 4.79 Å². The molecule has 1 aromatic carbocycles. The Morgan fingerprint density at radius 2 is 2.05 bits per heavy atom. The van der Waals surface area contributed by atoms with Crippen LogP contribution in [0.4, 0.5) is 0 Å². The third kappa shape index (κ3) is 4.70. The molecule has 0 atom stereocenters. The van der Waals surface area contributed by atoms with Gasteiger partial charge >= 0.3 is 0 Å². The lowest BCUT2D eigenvalue weighted by Gasteiger charge is -2.15. The third-order valence-corrected chi connectivity index (χ3v) is 2.70. The summed E-state index contributed by atoms with van der Waals surface area (Å²) in [5, 5.41) is 0. The molecular weight excluding hydrogens is 256 g/mol. The van der Waals surface area contributed by atoms with E-state index >= 15 is 0 Å². The molecule has 0 aliphatic heterocycles. The molecule has 0 bridgehead atoms. The molecule has 20 heavy (non-hydrogen) atoms. The van der Waals surface area contributed by atoms with Gasteiger partial charge < -0.3 is 14.2 Å². The van der Waals surface area contributed by atoms with Crippen molar-refractivity contribution in [2.75, 3.05) is 26.9 Å². The molecule has 4 nitrogen and oxygen atoms in total. The second-order valence-electron chi connectivity index (χ2n) is 4.28. The van der Waals surface area contributed by atoms with E-state index in [2.05, 4.69) is 13.5 Å². The van der Waals surface area contributed by atoms with Crippen molar-refractivity contribution >= 4 is 6.29 Å². The van der Waals surface area contributed by atoms with E-state index in [0.29, 0.717) is 36.7 Å². The lowest BCUT2D eigenvalue weighted by atomic mass is 10.1. The molecule has 0 aliphatic carbocycles. The Bertz CT molecular complexity index is 440. The van der Waals surface area contributed by atoms with Crippen molar-refractivity contribution in [2.24, 2.45) is 0 Å². The van der Waals surface area contributed by atoms with E-state index in [4.69, 9.17) is 14.2 Å². The predicted octanol–water partition coefficient (Wildman–Crippen LogP) is 3.04. The minimum Gasteiger partial charge on any atom is -0.493 e. The highest BCUT2D eigenvalue weighted by Gasteiger charge is 2.12. The van der Waals surface area contributed by atoms with Gasteiger partial charge in [0.1, 0.15) is 12.9 Å². The van der Waals surface area contributed by atoms with Crippen LogP contribution in [0.3, 0.4) is 0 Å². The summed E-state index contributed by atoms with van der Waals surface area (Å²) in [5.41, 5.74) is 1.45. The number of aldehydes is 1. The van der Waals surface area contributed by atoms with Crippen molar-refractivity contribution in [2.45, 2.75) is 19.8 Å². The Morgan fingerprint density at radius 3 is 2.65 bits per heavy atom. The number of benzene rings is 1. The maximum Gasteiger partial charge on any atom is 0.164 e. The zero-order valence-corrected chi connectivity index (χ0v) is 12.2. The van der Waals surface area contributed by atoms with Gasteiger partial charge in [-0.15, -0.1) is 6.58 Å². The molecule has 0 N–H and O–H groups in total. The summed E-state index contributed by atoms with van der Waals surface area (Å²) in [6, 6.07) is 3.46. The van der Waals surface area contributed by atoms with Crippen LogP contribution in [0.1, 0.15) is 29.3 Å². The number of carbonyl (C=O) groups excluding carboxylic acids is 1. The summed E-state index contributed by atoms with van der Waals surface area (Å²) >= 11 is 0. The van der Waals surface area contributed by atoms with Crippen LogP contribution in [-0.2, 0) is 11.2 Å². The fourth-order valence-corrected chi connectivity index (χ4v) is 1.82. The number of rotatable bonds is 10. The molecule has 0 aliphatic rings. The van der Waals surface area contributed by atoms with Gasteiger partial charge in [-0.25, -0.2) is 0 Å². The number of hydrogen-bond acceptors (Lipinski definition) is 4. The Morgan fingerprint density at radius 1 is 1.25 bits per heavy atom. The first-order valence-corrected chi connectivity index (χ1v) is 6.74. The lowest BCUT2D eigenvalue weighted by Crippen LogP contribution is -2.09. The zero-order valence-electron chi connectivity index (χ0n) is 12.2. The molecule has 110 valence electrons. The van der Waals surface area contributed by atoms with Crippen molar-refractivity contribution in [3.63, 3.8) is 0 Å². The minimum absolute atomic E-state index is 0.445. The van der Waals surface area contributed by atoms with Gasteiger partial charge in [-0.3, -0.25) is 4.79 Å². The molecule has 0 aromatic heterocycles. The standard InChI is InChI=1S/C16H22O4/c1-4-6-14-10-13(12-17)11-15(18-3)16(14)20-9-8-19-7-5-2/h4,10-12H,1,5-9H2,2-3H3. The van der Waals surface area contributed by atoms with Crippen LogP contribution >= 0.6 is 0 Å². The molecule has 0 fully saturated rings. The molecule has 0 spiro atoms. The topological polar surface area (TPSA) is 44.8 Å². The summed E-state index contributed by atoms with van der Waals surface area (Å²) in [4.78, 5) is 10.9. The van der Waals surface area contributed by atoms with E-state index in [0.717, 1.165) is 24.9 Å². The quantitative estimate of drug-likeness (QED) is 0.375. The molecule has 0 heterocycles. The molecule has 0 unspecified atom stereocenters. The summed E-state index contributed by atoms with van der Waals surface area (Å²) in [7, 11) is 1.56. The van der Waals surface area contributed by atoms with Gasteiger partial charge in [-0.1, -0.05) is 13.0 Å². The molecule has 1 aromatic rings. The molecule has 4 heteroatoms. The molecule has 0 radical (unpaired) electrons. The molecule has 0 amide bonds. The van der Waals surface area contributed by atoms with Crippen LogP contribution in [-0.4, -0.2) is 33.2 Å². The number of methoxy groups -OCH3 is 1. The van der Waals surface area contributed by atoms with Crippen molar-refractivity contribution in [1.82, 2.24) is 0 Å². The van der Waals surface area contributed by atoms with E-state index in [-0.39, 0.29) is 0 Å². The summed E-state index contributed by atoms with van der Waals surface area (Å²) in [5.74, 6) is 1.21. The van der Waals surface area contributed by atoms with Crippen molar-refractivity contribution in [3.8, 4) is 11.5 Å². The van der Waals surface area contributed by atoms with Crippen LogP contribution in [0.15, 0.2) is 24.8 Å². The summed E-state index contributed by atoms with van der Waals surface area (Å²) < 4.78 is 16.4. The van der Waals surface area contributed by atoms with Crippen LogP contribution < -0.4 is 9.47 Å². The molecule has 1 rings (SSSR count). The predicted molar refractivity (Wildman–Crippen MR) is 78.9 cm³/mol. The lowest BCUT2D eigenvalue weighted by molar-refractivity contribution is 0.0991. The van der Waals surface area contributed by atoms with E-state index in [1.807, 2.05) is 0 Å². The van der Waals surface area contributed by atoms with Crippen LogP contribution in [0.25, 0.3) is 0 Å². The van der Waals surface area contributed by atoms with Gasteiger partial charge in [0.2, 0.25) is 0 Å². The number of ether oxygens (including phenoxy) is 3. The van der Waals surface area contributed by atoms with Gasteiger partial charge in [0, 0.05) is 17.7 Å². The third-order valence-electron chi connectivity index (χ3n) is 2.70. The maximum atomic E-state index is 10.9. The first-order chi connectivity index (χ1) is 9.76. The Kier molecular flexibility index (Phi) is 7.43. The van der Waals surface area contributed by atoms with E-state index < -0.39 is 0 Å². The van der Waals surface area contributed by atoms with Gasteiger partial charge in [-0.2, -0.15) is 0 Å². The largest absolute Gasteiger partial charge is 0.493 e. The highest BCUT2D eigenvalue weighted by Crippen LogP contribution is 2.33. The smallest absolute Gasteiger partial charge is 0.164 e. The Labute approximate surface area is 120 Å². The first-order valence-electron chi connectivity index (χ1n) is 6.74. The monoisotopic (exact) mass is 278 g/mol. The average Bonchev–Trinajstić information content (AvgIpc) is 2.48. The minimum atomic E-state index is 0.445. The summed E-state index contributed by atoms with van der Waals surface area (Å²) in [6.07, 6.45) is 4.16. The van der Waals surface area contributed by atoms with Crippen molar-refractivity contribution < 1.29 is 19.0 Å². The normalized spacial score (nSPS) is 10.1. The van der Waals surface area contributed by atoms with Crippen LogP contribution in [0, 0.1) is 0 Å². The maximum absolute atomic E-state index is 10.9. The van der Waals surface area contributed by atoms with Gasteiger partial charge in [0.15, 0.2) is 11.5 Å². The molecular formula is C16H22O4. The number of carbonyl (C=O) groups is 1. The van der Waals surface area contributed by atoms with E-state index in [1.54, 1.807) is 25.3 Å². The summed E-state index contributed by atoms with van der Waals surface area (Å²) in [6.45, 7) is 7.48. The highest BCUT2D eigenvalue weighted by molar-refractivity contribution is 5.77. The Balaban J connectivity index is 2.84. The van der Waals surface area contributed by atoms with Crippen molar-refractivity contribution in [1.29, 1.82) is 0 Å². The molecule has 0 saturated carbocycles.